The van der Waals surface area contributed by atoms with E-state index in [1.807, 2.05) is 42.5 Å². The number of ether oxygens (including phenoxy) is 1. The van der Waals surface area contributed by atoms with Gasteiger partial charge in [0.05, 0.1) is 12.7 Å². The zero-order chi connectivity index (χ0) is 14.4. The molecule has 106 valence electrons. The molecule has 4 nitrogen and oxygen atoms in total. The third kappa shape index (κ3) is 3.79. The van der Waals surface area contributed by atoms with E-state index in [9.17, 15) is 9.90 Å². The number of aliphatic hydroxyl groups excluding tert-OH is 1. The van der Waals surface area contributed by atoms with Crippen LogP contribution >= 0.6 is 0 Å². The zero-order valence-electron chi connectivity index (χ0n) is 11.5. The SMILES string of the molecule is COCC(O)CCNC(=O)c1ccc2ccccc2c1. The number of hydrogen-bond acceptors (Lipinski definition) is 3. The molecule has 1 atom stereocenters. The van der Waals surface area contributed by atoms with E-state index in [4.69, 9.17) is 4.74 Å². The summed E-state index contributed by atoms with van der Waals surface area (Å²) in [4.78, 5) is 12.0. The smallest absolute Gasteiger partial charge is 0.251 e. The Morgan fingerprint density at radius 3 is 2.75 bits per heavy atom. The lowest BCUT2D eigenvalue weighted by Gasteiger charge is -2.10. The minimum Gasteiger partial charge on any atom is -0.391 e. The number of rotatable bonds is 6. The largest absolute Gasteiger partial charge is 0.391 e. The predicted octanol–water partition coefficient (Wildman–Crippen LogP) is 1.97. The fourth-order valence-corrected chi connectivity index (χ4v) is 2.06. The van der Waals surface area contributed by atoms with Gasteiger partial charge in [0.1, 0.15) is 0 Å². The van der Waals surface area contributed by atoms with Crippen molar-refractivity contribution >= 4 is 16.7 Å². The molecule has 0 saturated heterocycles. The van der Waals surface area contributed by atoms with Crippen LogP contribution < -0.4 is 5.32 Å². The molecule has 0 bridgehead atoms. The van der Waals surface area contributed by atoms with Crippen LogP contribution in [0, 0.1) is 0 Å². The van der Waals surface area contributed by atoms with Gasteiger partial charge >= 0.3 is 0 Å². The molecule has 0 spiro atoms. The second-order valence-electron chi connectivity index (χ2n) is 4.72. The Hall–Kier alpha value is -1.91. The zero-order valence-corrected chi connectivity index (χ0v) is 11.5. The van der Waals surface area contributed by atoms with Gasteiger partial charge in [-0.2, -0.15) is 0 Å². The number of aliphatic hydroxyl groups is 1. The van der Waals surface area contributed by atoms with Crippen molar-refractivity contribution in [3.63, 3.8) is 0 Å². The standard InChI is InChI=1S/C16H19NO3/c1-20-11-15(18)8-9-17-16(19)14-7-6-12-4-2-3-5-13(12)10-14/h2-7,10,15,18H,8-9,11H2,1H3,(H,17,19). The quantitative estimate of drug-likeness (QED) is 0.846. The van der Waals surface area contributed by atoms with Crippen molar-refractivity contribution in [3.05, 3.63) is 48.0 Å². The van der Waals surface area contributed by atoms with Gasteiger partial charge in [-0.25, -0.2) is 0 Å². The third-order valence-electron chi connectivity index (χ3n) is 3.13. The lowest BCUT2D eigenvalue weighted by Crippen LogP contribution is -2.28. The van der Waals surface area contributed by atoms with Crippen LogP contribution in [0.25, 0.3) is 10.8 Å². The number of amides is 1. The number of benzene rings is 2. The van der Waals surface area contributed by atoms with E-state index < -0.39 is 6.10 Å². The first-order valence-corrected chi connectivity index (χ1v) is 6.64. The first-order chi connectivity index (χ1) is 9.70. The molecule has 2 aromatic rings. The van der Waals surface area contributed by atoms with Crippen molar-refractivity contribution in [2.75, 3.05) is 20.3 Å². The van der Waals surface area contributed by atoms with Crippen LogP contribution in [0.4, 0.5) is 0 Å². The number of carbonyl (C=O) groups excluding carboxylic acids is 1. The van der Waals surface area contributed by atoms with E-state index in [0.29, 0.717) is 18.5 Å². The molecule has 0 aliphatic carbocycles. The van der Waals surface area contributed by atoms with Crippen LogP contribution in [-0.2, 0) is 4.74 Å². The third-order valence-corrected chi connectivity index (χ3v) is 3.13. The minimum absolute atomic E-state index is 0.125. The molecule has 0 radical (unpaired) electrons. The summed E-state index contributed by atoms with van der Waals surface area (Å²) in [7, 11) is 1.54. The molecule has 0 saturated carbocycles. The van der Waals surface area contributed by atoms with Crippen molar-refractivity contribution < 1.29 is 14.6 Å². The predicted molar refractivity (Wildman–Crippen MR) is 78.8 cm³/mol. The summed E-state index contributed by atoms with van der Waals surface area (Å²) < 4.78 is 4.83. The second kappa shape index (κ2) is 7.03. The molecule has 1 unspecified atom stereocenters. The average Bonchev–Trinajstić information content (AvgIpc) is 2.47. The van der Waals surface area contributed by atoms with Crippen LogP contribution in [0.2, 0.25) is 0 Å². The van der Waals surface area contributed by atoms with E-state index in [0.717, 1.165) is 10.8 Å². The van der Waals surface area contributed by atoms with Crippen molar-refractivity contribution in [3.8, 4) is 0 Å². The van der Waals surface area contributed by atoms with Crippen LogP contribution in [0.5, 0.6) is 0 Å². The van der Waals surface area contributed by atoms with Crippen molar-refractivity contribution in [1.82, 2.24) is 5.32 Å². The molecule has 0 aromatic heterocycles. The number of nitrogens with one attached hydrogen (secondary N) is 1. The highest BCUT2D eigenvalue weighted by molar-refractivity contribution is 5.98. The highest BCUT2D eigenvalue weighted by atomic mass is 16.5. The van der Waals surface area contributed by atoms with Crippen LogP contribution in [0.15, 0.2) is 42.5 Å². The summed E-state index contributed by atoms with van der Waals surface area (Å²) in [5.74, 6) is -0.125. The van der Waals surface area contributed by atoms with Gasteiger partial charge in [0, 0.05) is 19.2 Å². The molecule has 0 fully saturated rings. The van der Waals surface area contributed by atoms with E-state index in [1.165, 1.54) is 7.11 Å². The Labute approximate surface area is 118 Å². The molecule has 0 aliphatic heterocycles. The molecular weight excluding hydrogens is 254 g/mol. The highest BCUT2D eigenvalue weighted by Crippen LogP contribution is 2.15. The lowest BCUT2D eigenvalue weighted by atomic mass is 10.1. The van der Waals surface area contributed by atoms with Gasteiger partial charge in [-0.1, -0.05) is 30.3 Å². The maximum atomic E-state index is 12.0. The van der Waals surface area contributed by atoms with Crippen LogP contribution in [-0.4, -0.2) is 37.4 Å². The molecule has 1 amide bonds. The van der Waals surface area contributed by atoms with Crippen LogP contribution in [0.1, 0.15) is 16.8 Å². The van der Waals surface area contributed by atoms with Gasteiger partial charge < -0.3 is 15.2 Å². The van der Waals surface area contributed by atoms with Crippen molar-refractivity contribution in [2.24, 2.45) is 0 Å². The van der Waals surface area contributed by atoms with Gasteiger partial charge in [-0.3, -0.25) is 4.79 Å². The summed E-state index contributed by atoms with van der Waals surface area (Å²) in [6, 6.07) is 13.5. The maximum Gasteiger partial charge on any atom is 0.251 e. The summed E-state index contributed by atoms with van der Waals surface area (Å²) in [5, 5.41) is 14.4. The number of methoxy groups -OCH3 is 1. The number of hydrogen-bond donors (Lipinski definition) is 2. The molecule has 4 heteroatoms. The highest BCUT2D eigenvalue weighted by Gasteiger charge is 2.08. The summed E-state index contributed by atoms with van der Waals surface area (Å²) in [6.07, 6.45) is -0.0652. The Balaban J connectivity index is 1.94. The van der Waals surface area contributed by atoms with Crippen molar-refractivity contribution in [1.29, 1.82) is 0 Å². The minimum atomic E-state index is -0.545. The fourth-order valence-electron chi connectivity index (χ4n) is 2.06. The fraction of sp³-hybridized carbons (Fsp3) is 0.312. The van der Waals surface area contributed by atoms with Gasteiger partial charge in [-0.15, -0.1) is 0 Å². The number of fused-ring (bicyclic) bond motifs is 1. The summed E-state index contributed by atoms with van der Waals surface area (Å²) >= 11 is 0. The Morgan fingerprint density at radius 2 is 2.00 bits per heavy atom. The lowest BCUT2D eigenvalue weighted by molar-refractivity contribution is 0.0587. The molecule has 0 heterocycles. The second-order valence-corrected chi connectivity index (χ2v) is 4.72. The van der Waals surface area contributed by atoms with Crippen LogP contribution in [0.3, 0.4) is 0 Å². The molecular formula is C16H19NO3. The first kappa shape index (κ1) is 14.5. The Bertz CT molecular complexity index is 583. The van der Waals surface area contributed by atoms with Gasteiger partial charge in [0.15, 0.2) is 0 Å². The Morgan fingerprint density at radius 1 is 1.25 bits per heavy atom. The van der Waals surface area contributed by atoms with E-state index in [1.54, 1.807) is 0 Å². The number of carbonyl (C=O) groups is 1. The molecule has 2 N–H and O–H groups in total. The molecule has 20 heavy (non-hydrogen) atoms. The topological polar surface area (TPSA) is 58.6 Å². The first-order valence-electron chi connectivity index (χ1n) is 6.64. The van der Waals surface area contributed by atoms with Gasteiger partial charge in [-0.05, 0) is 29.3 Å². The summed E-state index contributed by atoms with van der Waals surface area (Å²) in [6.45, 7) is 0.710. The van der Waals surface area contributed by atoms with E-state index in [-0.39, 0.29) is 12.5 Å². The van der Waals surface area contributed by atoms with E-state index >= 15 is 0 Å². The Kier molecular flexibility index (Phi) is 5.09. The maximum absolute atomic E-state index is 12.0. The normalized spacial score (nSPS) is 12.3. The monoisotopic (exact) mass is 273 g/mol. The molecule has 0 aliphatic rings. The molecule has 2 rings (SSSR count). The summed E-state index contributed by atoms with van der Waals surface area (Å²) in [5.41, 5.74) is 0.630. The molecule has 2 aromatic carbocycles. The van der Waals surface area contributed by atoms with E-state index in [2.05, 4.69) is 5.32 Å². The van der Waals surface area contributed by atoms with Gasteiger partial charge in [0.25, 0.3) is 5.91 Å². The van der Waals surface area contributed by atoms with Gasteiger partial charge in [0.2, 0.25) is 0 Å². The average molecular weight is 273 g/mol. The van der Waals surface area contributed by atoms with Crippen molar-refractivity contribution in [2.45, 2.75) is 12.5 Å².